The van der Waals surface area contributed by atoms with Crippen molar-refractivity contribution in [1.82, 2.24) is 20.3 Å². The van der Waals surface area contributed by atoms with Gasteiger partial charge in [0.1, 0.15) is 16.6 Å². The van der Waals surface area contributed by atoms with E-state index in [0.717, 1.165) is 29.8 Å². The van der Waals surface area contributed by atoms with Crippen LogP contribution in [0.2, 0.25) is 0 Å². The van der Waals surface area contributed by atoms with Gasteiger partial charge in [-0.3, -0.25) is 4.79 Å². The number of hydrogen-bond donors (Lipinski definition) is 1. The minimum atomic E-state index is -3.44. The van der Waals surface area contributed by atoms with Gasteiger partial charge in [-0.05, 0) is 53.9 Å². The van der Waals surface area contributed by atoms with Crippen LogP contribution in [-0.4, -0.2) is 41.3 Å². The Labute approximate surface area is 209 Å². The van der Waals surface area contributed by atoms with E-state index >= 15 is 0 Å². The van der Waals surface area contributed by atoms with E-state index in [2.05, 4.69) is 42.1 Å². The molecule has 0 aromatic carbocycles. The lowest BCUT2D eigenvalue weighted by Crippen LogP contribution is -2.29. The summed E-state index contributed by atoms with van der Waals surface area (Å²) in [5.74, 6) is 0.113. The fraction of sp³-hybridized carbons (Fsp3) is 0.480. The third-order valence-corrected chi connectivity index (χ3v) is 9.27. The zero-order valence-corrected chi connectivity index (χ0v) is 22.0. The summed E-state index contributed by atoms with van der Waals surface area (Å²) in [5.41, 5.74) is 3.76. The number of rotatable bonds is 7. The lowest BCUT2D eigenvalue weighted by atomic mass is 9.71. The maximum Gasteiger partial charge on any atom is 0.280 e. The van der Waals surface area contributed by atoms with E-state index in [1.54, 1.807) is 13.0 Å². The van der Waals surface area contributed by atoms with E-state index in [1.807, 2.05) is 0 Å². The van der Waals surface area contributed by atoms with Gasteiger partial charge in [0.2, 0.25) is 0 Å². The Bertz CT molecular complexity index is 1360. The molecule has 0 aliphatic heterocycles. The standard InChI is InChI=1S/C25H30N4O4S2/c1-5-35(32,33)21-9-6-15(14-26-21)19(10-11-30)27-22(31)24-29-20-13-16-12-17(25(2,3)4)7-8-18(16)28-23(20)34-24/h6,9,11,13-14,17,19H,5,7-8,10,12H2,1-4H3,(H,27,31)/t17-,19?/m0/s1. The number of aromatic nitrogens is 3. The van der Waals surface area contributed by atoms with Crippen LogP contribution in [-0.2, 0) is 27.5 Å². The van der Waals surface area contributed by atoms with Gasteiger partial charge in [0.05, 0.1) is 11.8 Å². The first-order chi connectivity index (χ1) is 16.5. The number of carbonyl (C=O) groups excluding carboxylic acids is 2. The normalized spacial score (nSPS) is 17.1. The highest BCUT2D eigenvalue weighted by Crippen LogP contribution is 2.38. The summed E-state index contributed by atoms with van der Waals surface area (Å²) < 4.78 is 24.0. The van der Waals surface area contributed by atoms with E-state index in [4.69, 9.17) is 4.98 Å². The minimum absolute atomic E-state index is 0.0267. The molecule has 1 N–H and O–H groups in total. The number of fused-ring (bicyclic) bond motifs is 2. The zero-order chi connectivity index (χ0) is 25.4. The Kier molecular flexibility index (Phi) is 7.06. The molecule has 1 aliphatic carbocycles. The molecule has 0 saturated heterocycles. The number of thiazole rings is 1. The second kappa shape index (κ2) is 9.73. The lowest BCUT2D eigenvalue weighted by Gasteiger charge is -2.34. The fourth-order valence-electron chi connectivity index (χ4n) is 4.37. The van der Waals surface area contributed by atoms with Crippen molar-refractivity contribution in [3.8, 4) is 0 Å². The summed E-state index contributed by atoms with van der Waals surface area (Å²) >= 11 is 1.23. The molecule has 35 heavy (non-hydrogen) atoms. The average Bonchev–Trinajstić information content (AvgIpc) is 3.24. The molecule has 1 unspecified atom stereocenters. The van der Waals surface area contributed by atoms with E-state index in [9.17, 15) is 18.0 Å². The number of aldehydes is 1. The quantitative estimate of drug-likeness (QED) is 0.472. The molecule has 186 valence electrons. The van der Waals surface area contributed by atoms with Crippen LogP contribution >= 0.6 is 11.3 Å². The smallest absolute Gasteiger partial charge is 0.280 e. The van der Waals surface area contributed by atoms with Crippen LogP contribution in [0.3, 0.4) is 0 Å². The van der Waals surface area contributed by atoms with Gasteiger partial charge in [-0.25, -0.2) is 23.4 Å². The number of carbonyl (C=O) groups is 2. The summed E-state index contributed by atoms with van der Waals surface area (Å²) in [6.07, 6.45) is 5.10. The largest absolute Gasteiger partial charge is 0.343 e. The second-order valence-electron chi connectivity index (χ2n) is 10.0. The van der Waals surface area contributed by atoms with Crippen LogP contribution in [0.5, 0.6) is 0 Å². The van der Waals surface area contributed by atoms with Crippen molar-refractivity contribution in [3.05, 3.63) is 46.2 Å². The number of pyridine rings is 2. The number of nitrogens with one attached hydrogen (secondary N) is 1. The Balaban J connectivity index is 1.55. The zero-order valence-electron chi connectivity index (χ0n) is 20.4. The first-order valence-electron chi connectivity index (χ1n) is 11.7. The van der Waals surface area contributed by atoms with Crippen molar-refractivity contribution in [2.45, 2.75) is 64.4 Å². The number of sulfone groups is 1. The van der Waals surface area contributed by atoms with Gasteiger partial charge in [0.15, 0.2) is 19.9 Å². The average molecular weight is 515 g/mol. The molecular weight excluding hydrogens is 484 g/mol. The third kappa shape index (κ3) is 5.43. The van der Waals surface area contributed by atoms with Crippen molar-refractivity contribution >= 4 is 43.7 Å². The summed E-state index contributed by atoms with van der Waals surface area (Å²) in [4.78, 5) is 38.4. The highest BCUT2D eigenvalue weighted by molar-refractivity contribution is 7.91. The predicted octanol–water partition coefficient (Wildman–Crippen LogP) is 4.09. The maximum absolute atomic E-state index is 13.0. The van der Waals surface area contributed by atoms with Crippen LogP contribution in [0.1, 0.15) is 73.2 Å². The van der Waals surface area contributed by atoms with Crippen LogP contribution < -0.4 is 5.32 Å². The monoisotopic (exact) mass is 514 g/mol. The highest BCUT2D eigenvalue weighted by atomic mass is 32.2. The van der Waals surface area contributed by atoms with Crippen LogP contribution in [0.15, 0.2) is 29.4 Å². The first kappa shape index (κ1) is 25.4. The molecule has 0 radical (unpaired) electrons. The molecule has 3 heterocycles. The van der Waals surface area contributed by atoms with Crippen LogP contribution in [0.4, 0.5) is 0 Å². The van der Waals surface area contributed by atoms with Gasteiger partial charge in [0.25, 0.3) is 5.91 Å². The fourth-order valence-corrected chi connectivity index (χ4v) is 6.00. The van der Waals surface area contributed by atoms with E-state index in [-0.39, 0.29) is 27.6 Å². The SMILES string of the molecule is CCS(=O)(=O)c1ccc(C(CC=O)NC(=O)c2nc3cc4c(nc3s2)CC[C@H](C(C)(C)C)C4)cn1. The second-order valence-corrected chi connectivity index (χ2v) is 13.2. The molecule has 1 aliphatic rings. The highest BCUT2D eigenvalue weighted by Gasteiger charge is 2.30. The first-order valence-corrected chi connectivity index (χ1v) is 14.2. The Morgan fingerprint density at radius 1 is 1.29 bits per heavy atom. The number of hydrogen-bond acceptors (Lipinski definition) is 8. The molecule has 4 rings (SSSR count). The molecule has 0 saturated carbocycles. The Hall–Kier alpha value is -2.72. The van der Waals surface area contributed by atoms with Gasteiger partial charge < -0.3 is 10.1 Å². The van der Waals surface area contributed by atoms with Gasteiger partial charge in [-0.15, -0.1) is 0 Å². The molecule has 3 aromatic rings. The molecule has 0 spiro atoms. The summed E-state index contributed by atoms with van der Waals surface area (Å²) in [5, 5.41) is 3.08. The van der Waals surface area contributed by atoms with Crippen molar-refractivity contribution < 1.29 is 18.0 Å². The summed E-state index contributed by atoms with van der Waals surface area (Å²) in [6.45, 7) is 8.34. The number of aryl methyl sites for hydroxylation is 1. The molecular formula is C25H30N4O4S2. The van der Waals surface area contributed by atoms with E-state index in [1.165, 1.54) is 29.2 Å². The lowest BCUT2D eigenvalue weighted by molar-refractivity contribution is -0.108. The van der Waals surface area contributed by atoms with Gasteiger partial charge in [-0.2, -0.15) is 0 Å². The van der Waals surface area contributed by atoms with Crippen molar-refractivity contribution in [1.29, 1.82) is 0 Å². The van der Waals surface area contributed by atoms with Gasteiger partial charge >= 0.3 is 0 Å². The number of nitrogens with zero attached hydrogens (tertiary/aromatic N) is 3. The minimum Gasteiger partial charge on any atom is -0.343 e. The topological polar surface area (TPSA) is 119 Å². The van der Waals surface area contributed by atoms with Crippen LogP contribution in [0.25, 0.3) is 10.3 Å². The molecule has 3 aromatic heterocycles. The third-order valence-electron chi connectivity index (χ3n) is 6.67. The van der Waals surface area contributed by atoms with E-state index in [0.29, 0.717) is 23.3 Å². The Morgan fingerprint density at radius 2 is 2.06 bits per heavy atom. The van der Waals surface area contributed by atoms with Crippen molar-refractivity contribution in [2.75, 3.05) is 5.75 Å². The van der Waals surface area contributed by atoms with Crippen LogP contribution in [0, 0.1) is 11.3 Å². The molecule has 8 nitrogen and oxygen atoms in total. The summed E-state index contributed by atoms with van der Waals surface area (Å²) in [7, 11) is -3.44. The van der Waals surface area contributed by atoms with E-state index < -0.39 is 21.8 Å². The molecule has 2 atom stereocenters. The molecule has 1 amide bonds. The number of amides is 1. The predicted molar refractivity (Wildman–Crippen MR) is 135 cm³/mol. The Morgan fingerprint density at radius 3 is 2.69 bits per heavy atom. The molecule has 10 heteroatoms. The van der Waals surface area contributed by atoms with Crippen molar-refractivity contribution in [3.63, 3.8) is 0 Å². The summed E-state index contributed by atoms with van der Waals surface area (Å²) in [6, 6.07) is 4.38. The molecule has 0 bridgehead atoms. The van der Waals surface area contributed by atoms with Gasteiger partial charge in [-0.1, -0.05) is 45.1 Å². The van der Waals surface area contributed by atoms with Crippen molar-refractivity contribution in [2.24, 2.45) is 11.3 Å². The van der Waals surface area contributed by atoms with Gasteiger partial charge in [0, 0.05) is 18.3 Å². The molecule has 0 fully saturated rings. The maximum atomic E-state index is 13.0.